The van der Waals surface area contributed by atoms with Gasteiger partial charge in [0, 0.05) is 16.9 Å². The van der Waals surface area contributed by atoms with Gasteiger partial charge < -0.3 is 18.2 Å². The van der Waals surface area contributed by atoms with Crippen molar-refractivity contribution in [2.24, 2.45) is 0 Å². The van der Waals surface area contributed by atoms with Gasteiger partial charge in [-0.15, -0.1) is 12.6 Å². The molecule has 0 saturated carbocycles. The van der Waals surface area contributed by atoms with E-state index in [9.17, 15) is 0 Å². The molecule has 3 aromatic rings. The van der Waals surface area contributed by atoms with Crippen LogP contribution in [0.25, 0.3) is 0 Å². The fourth-order valence-electron chi connectivity index (χ4n) is 2.18. The Bertz CT molecular complexity index is 837. The van der Waals surface area contributed by atoms with E-state index in [2.05, 4.69) is 12.6 Å². The lowest BCUT2D eigenvalue weighted by Gasteiger charge is -2.19. The Morgan fingerprint density at radius 2 is 1.81 bits per heavy atom. The van der Waals surface area contributed by atoms with Gasteiger partial charge >= 0.3 is 8.60 Å². The Labute approximate surface area is 169 Å². The summed E-state index contributed by atoms with van der Waals surface area (Å²) in [5, 5.41) is 0. The largest absolute Gasteiger partial charge is 0.493 e. The number of thiol groups is 1. The normalized spacial score (nSPS) is 11.8. The second kappa shape index (κ2) is 9.95. The van der Waals surface area contributed by atoms with Crippen LogP contribution in [0.5, 0.6) is 17.2 Å². The minimum absolute atomic E-state index is 0.534. The molecule has 0 bridgehead atoms. The monoisotopic (exact) mass is 422 g/mol. The predicted molar refractivity (Wildman–Crippen MR) is 111 cm³/mol. The van der Waals surface area contributed by atoms with Crippen molar-refractivity contribution in [3.8, 4) is 17.2 Å². The van der Waals surface area contributed by atoms with Gasteiger partial charge in [0.05, 0.1) is 19.1 Å². The van der Waals surface area contributed by atoms with Crippen LogP contribution in [-0.2, 0) is 9.72 Å². The van der Waals surface area contributed by atoms with Crippen molar-refractivity contribution in [2.75, 3.05) is 7.11 Å². The topological polar surface area (TPSA) is 50.1 Å². The van der Waals surface area contributed by atoms with Gasteiger partial charge in [0.2, 0.25) is 0 Å². The molecule has 0 aliphatic heterocycles. The maximum atomic E-state index is 6.04. The zero-order chi connectivity index (χ0) is 19.1. The summed E-state index contributed by atoms with van der Waals surface area (Å²) in [7, 11) is -0.169. The lowest BCUT2D eigenvalue weighted by molar-refractivity contribution is 0.368. The summed E-state index contributed by atoms with van der Waals surface area (Å²) in [5.41, 5.74) is 0.943. The predicted octanol–water partition coefficient (Wildman–Crippen LogP) is 6.44. The van der Waals surface area contributed by atoms with Crippen molar-refractivity contribution < 1.29 is 22.2 Å². The van der Waals surface area contributed by atoms with Crippen LogP contribution < -0.4 is 13.8 Å². The molecule has 1 heterocycles. The zero-order valence-electron chi connectivity index (χ0n) is 14.8. The van der Waals surface area contributed by atoms with Crippen LogP contribution in [0, 0.1) is 6.92 Å². The summed E-state index contributed by atoms with van der Waals surface area (Å²) in [6, 6.07) is 16.8. The molecule has 0 fully saturated rings. The summed E-state index contributed by atoms with van der Waals surface area (Å²) >= 11 is 5.68. The van der Waals surface area contributed by atoms with E-state index < -0.39 is 8.60 Å². The lowest BCUT2D eigenvalue weighted by Crippen LogP contribution is -2.00. The third kappa shape index (κ3) is 5.59. The van der Waals surface area contributed by atoms with Crippen LogP contribution in [0.1, 0.15) is 11.3 Å². The molecule has 1 atom stereocenters. The average Bonchev–Trinajstić information content (AvgIpc) is 3.18. The summed E-state index contributed by atoms with van der Waals surface area (Å²) < 4.78 is 28.5. The van der Waals surface area contributed by atoms with E-state index in [0.29, 0.717) is 27.9 Å². The van der Waals surface area contributed by atoms with Crippen LogP contribution in [0.2, 0.25) is 0 Å². The summed E-state index contributed by atoms with van der Waals surface area (Å²) in [6.45, 7) is 1.95. The number of para-hydroxylation sites is 3. The van der Waals surface area contributed by atoms with Crippen molar-refractivity contribution in [3.05, 3.63) is 72.2 Å². The molecular weight excluding hydrogens is 403 g/mol. The average molecular weight is 422 g/mol. The first-order chi connectivity index (χ1) is 13.2. The molecular formula is C19H19O5PS2. The highest BCUT2D eigenvalue weighted by Gasteiger charge is 2.22. The highest BCUT2D eigenvalue weighted by Crippen LogP contribution is 2.49. The smallest absolute Gasteiger partial charge is 0.475 e. The lowest BCUT2D eigenvalue weighted by atomic mass is 10.2. The fraction of sp³-hybridized carbons (Fsp3) is 0.158. The molecule has 0 radical (unpaired) electrons. The van der Waals surface area contributed by atoms with Crippen LogP contribution in [0.3, 0.4) is 0 Å². The van der Waals surface area contributed by atoms with Crippen LogP contribution in [-0.4, -0.2) is 7.11 Å². The molecule has 5 nitrogen and oxygen atoms in total. The third-order valence-electron chi connectivity index (χ3n) is 3.49. The van der Waals surface area contributed by atoms with E-state index in [1.54, 1.807) is 19.4 Å². The number of aryl methyl sites for hydroxylation is 1. The van der Waals surface area contributed by atoms with Gasteiger partial charge in [-0.1, -0.05) is 24.3 Å². The van der Waals surface area contributed by atoms with Crippen molar-refractivity contribution in [1.29, 1.82) is 0 Å². The van der Waals surface area contributed by atoms with Crippen molar-refractivity contribution in [1.82, 2.24) is 0 Å². The maximum Gasteiger partial charge on any atom is 0.475 e. The van der Waals surface area contributed by atoms with E-state index in [1.165, 1.54) is 12.0 Å². The molecule has 0 saturated heterocycles. The maximum absolute atomic E-state index is 6.04. The molecule has 142 valence electrons. The Balaban J connectivity index is 1.75. The Morgan fingerprint density at radius 3 is 2.52 bits per heavy atom. The van der Waals surface area contributed by atoms with Crippen LogP contribution >= 0.6 is 33.3 Å². The first-order valence-corrected chi connectivity index (χ1v) is 10.5. The minimum atomic E-state index is -1.76. The van der Waals surface area contributed by atoms with Gasteiger partial charge in [-0.25, -0.2) is 3.97 Å². The van der Waals surface area contributed by atoms with E-state index >= 15 is 0 Å². The molecule has 0 spiro atoms. The number of methoxy groups -OCH3 is 1. The Morgan fingerprint density at radius 1 is 1.00 bits per heavy atom. The number of benzene rings is 2. The summed E-state index contributed by atoms with van der Waals surface area (Å²) in [4.78, 5) is 0.714. The number of hydrogen-bond acceptors (Lipinski definition) is 7. The van der Waals surface area contributed by atoms with Crippen LogP contribution in [0.4, 0.5) is 0 Å². The second-order valence-electron chi connectivity index (χ2n) is 5.40. The number of hydrogen-bond donors (Lipinski definition) is 1. The highest BCUT2D eigenvalue weighted by atomic mass is 32.2. The van der Waals surface area contributed by atoms with Crippen molar-refractivity contribution in [3.63, 3.8) is 0 Å². The van der Waals surface area contributed by atoms with Gasteiger partial charge in [0.15, 0.2) is 11.5 Å². The van der Waals surface area contributed by atoms with Gasteiger partial charge in [0.25, 0.3) is 0 Å². The standard InChI is InChI=1S/C19H19O5PS2/c1-14-7-5-11-18(26)19(14)23-25(24-27-13-15-8-6-12-21-15)22-17-10-4-3-9-16(17)20-2/h3-12,26H,13H2,1-2H3. The van der Waals surface area contributed by atoms with Gasteiger partial charge in [-0.05, 0) is 42.8 Å². The number of rotatable bonds is 9. The molecule has 1 unspecified atom stereocenters. The zero-order valence-corrected chi connectivity index (χ0v) is 17.4. The summed E-state index contributed by atoms with van der Waals surface area (Å²) in [6.07, 6.45) is 1.63. The Kier molecular flexibility index (Phi) is 7.35. The summed E-state index contributed by atoms with van der Waals surface area (Å²) in [5.74, 6) is 3.10. The molecule has 8 heteroatoms. The second-order valence-corrected chi connectivity index (χ2v) is 7.81. The minimum Gasteiger partial charge on any atom is -0.493 e. The molecule has 0 N–H and O–H groups in total. The van der Waals surface area contributed by atoms with Gasteiger partial charge in [-0.2, -0.15) is 0 Å². The molecule has 1 aromatic heterocycles. The van der Waals surface area contributed by atoms with E-state index in [4.69, 9.17) is 22.2 Å². The van der Waals surface area contributed by atoms with Crippen molar-refractivity contribution in [2.45, 2.75) is 17.6 Å². The molecule has 27 heavy (non-hydrogen) atoms. The van der Waals surface area contributed by atoms with Gasteiger partial charge in [-0.3, -0.25) is 0 Å². The van der Waals surface area contributed by atoms with Gasteiger partial charge in [0.1, 0.15) is 11.5 Å². The first-order valence-electron chi connectivity index (χ1n) is 8.07. The fourth-order valence-corrected chi connectivity index (χ4v) is 4.38. The third-order valence-corrected chi connectivity index (χ3v) is 5.83. The number of furan rings is 1. The van der Waals surface area contributed by atoms with Crippen LogP contribution in [0.15, 0.2) is 70.2 Å². The first kappa shape index (κ1) is 20.0. The molecule has 0 aliphatic carbocycles. The quantitative estimate of drug-likeness (QED) is 0.243. The molecule has 0 amide bonds. The van der Waals surface area contributed by atoms with E-state index in [-0.39, 0.29) is 0 Å². The SMILES string of the molecule is COc1ccccc1OP(OSCc1ccco1)Oc1c(C)cccc1S. The Hall–Kier alpha value is -1.79. The van der Waals surface area contributed by atoms with Crippen molar-refractivity contribution >= 4 is 33.3 Å². The molecule has 3 rings (SSSR count). The van der Waals surface area contributed by atoms with E-state index in [1.807, 2.05) is 55.5 Å². The molecule has 0 aliphatic rings. The molecule has 2 aromatic carbocycles. The van der Waals surface area contributed by atoms with E-state index in [0.717, 1.165) is 11.3 Å². The highest BCUT2D eigenvalue weighted by molar-refractivity contribution is 7.96. The number of ether oxygens (including phenoxy) is 1.